The van der Waals surface area contributed by atoms with Gasteiger partial charge < -0.3 is 36.4 Å². The first-order valence-electron chi connectivity index (χ1n) is 15.3. The highest BCUT2D eigenvalue weighted by molar-refractivity contribution is 6.22. The lowest BCUT2D eigenvalue weighted by atomic mass is 9.51. The molecule has 0 heterocycles. The van der Waals surface area contributed by atoms with Crippen molar-refractivity contribution in [2.75, 3.05) is 25.5 Å². The van der Waals surface area contributed by atoms with Gasteiger partial charge in [-0.15, -0.1) is 0 Å². The number of benzene rings is 1. The number of anilines is 1. The molecule has 0 saturated heterocycles. The van der Waals surface area contributed by atoms with Gasteiger partial charge in [0.1, 0.15) is 22.8 Å². The van der Waals surface area contributed by atoms with Gasteiger partial charge in [-0.25, -0.2) is 0 Å². The lowest BCUT2D eigenvalue weighted by molar-refractivity contribution is -0.147. The van der Waals surface area contributed by atoms with Crippen LogP contribution < -0.4 is 16.0 Å². The zero-order valence-corrected chi connectivity index (χ0v) is 26.0. The number of phenols is 1. The van der Waals surface area contributed by atoms with E-state index in [1.54, 1.807) is 6.07 Å². The number of aromatic hydroxyl groups is 1. The van der Waals surface area contributed by atoms with Crippen LogP contribution in [-0.4, -0.2) is 64.1 Å². The average Bonchev–Trinajstić information content (AvgIpc) is 2.91. The maximum absolute atomic E-state index is 13.8. The fourth-order valence-electron chi connectivity index (χ4n) is 8.39. The summed E-state index contributed by atoms with van der Waals surface area (Å²) in [7, 11) is 3.77. The zero-order valence-electron chi connectivity index (χ0n) is 26.0. The van der Waals surface area contributed by atoms with Gasteiger partial charge in [0.05, 0.1) is 5.56 Å². The van der Waals surface area contributed by atoms with Crippen LogP contribution in [0.2, 0.25) is 0 Å². The maximum atomic E-state index is 13.8. The average molecular weight is 596 g/mol. The van der Waals surface area contributed by atoms with Gasteiger partial charge in [-0.1, -0.05) is 34.1 Å². The van der Waals surface area contributed by atoms with Gasteiger partial charge >= 0.3 is 0 Å². The molecule has 1 aromatic rings. The predicted molar refractivity (Wildman–Crippen MR) is 162 cm³/mol. The molecule has 4 aliphatic rings. The molecule has 0 bridgehead atoms. The molecule has 0 radical (unpaired) electrons. The van der Waals surface area contributed by atoms with Crippen molar-refractivity contribution in [1.29, 1.82) is 0 Å². The number of nitrogens with two attached hydrogens (primary N) is 1. The minimum Gasteiger partial charge on any atom is -0.508 e. The second-order valence-electron chi connectivity index (χ2n) is 13.9. The van der Waals surface area contributed by atoms with Crippen LogP contribution in [0.4, 0.5) is 5.69 Å². The van der Waals surface area contributed by atoms with Crippen molar-refractivity contribution in [2.45, 2.75) is 71.9 Å². The Balaban J connectivity index is 1.49. The lowest BCUT2D eigenvalue weighted by Crippen LogP contribution is -2.58. The molecule has 4 aliphatic carbocycles. The molecule has 1 aromatic carbocycles. The molecule has 0 spiro atoms. The van der Waals surface area contributed by atoms with Gasteiger partial charge in [0.25, 0.3) is 5.91 Å². The molecule has 3 unspecified atom stereocenters. The van der Waals surface area contributed by atoms with Crippen molar-refractivity contribution in [2.24, 2.45) is 40.7 Å². The quantitative estimate of drug-likeness (QED) is 0.247. The van der Waals surface area contributed by atoms with E-state index in [0.717, 1.165) is 24.2 Å². The SMILES string of the molecule is CC[C@H](CNCc1cc(O)c2c(c1N(C)C)CC1C[C@H]3CC(=O)C(C(N)=O)=C(O)[C@@]3(O)C(=O)C1=C2O)C1CC(C)C1(C)C. The Morgan fingerprint density at radius 1 is 1.16 bits per heavy atom. The normalized spacial score (nSPS) is 30.3. The van der Waals surface area contributed by atoms with E-state index < -0.39 is 52.0 Å². The van der Waals surface area contributed by atoms with Gasteiger partial charge in [0.15, 0.2) is 11.4 Å². The smallest absolute Gasteiger partial charge is 0.255 e. The summed E-state index contributed by atoms with van der Waals surface area (Å²) < 4.78 is 0. The molecule has 10 nitrogen and oxygen atoms in total. The van der Waals surface area contributed by atoms with Crippen LogP contribution >= 0.6 is 0 Å². The zero-order chi connectivity index (χ0) is 31.8. The second kappa shape index (κ2) is 10.7. The first-order valence-corrected chi connectivity index (χ1v) is 15.3. The molecule has 2 saturated carbocycles. The van der Waals surface area contributed by atoms with Crippen LogP contribution in [-0.2, 0) is 27.3 Å². The van der Waals surface area contributed by atoms with E-state index in [2.05, 4.69) is 33.0 Å². The monoisotopic (exact) mass is 595 g/mol. The van der Waals surface area contributed by atoms with Gasteiger partial charge in [-0.2, -0.15) is 0 Å². The second-order valence-corrected chi connectivity index (χ2v) is 13.9. The molecule has 1 amide bonds. The number of nitrogens with zero attached hydrogens (tertiary/aromatic N) is 1. The number of aliphatic hydroxyl groups is 3. The van der Waals surface area contributed by atoms with Gasteiger partial charge in [-0.05, 0) is 72.1 Å². The number of aliphatic hydroxyl groups excluding tert-OH is 2. The van der Waals surface area contributed by atoms with Gasteiger partial charge in [-0.3, -0.25) is 14.4 Å². The number of primary amides is 1. The van der Waals surface area contributed by atoms with E-state index in [-0.39, 0.29) is 36.1 Å². The van der Waals surface area contributed by atoms with Gasteiger partial charge in [0.2, 0.25) is 5.78 Å². The predicted octanol–water partition coefficient (Wildman–Crippen LogP) is 3.29. The van der Waals surface area contributed by atoms with Crippen LogP contribution in [0.1, 0.15) is 70.1 Å². The summed E-state index contributed by atoms with van der Waals surface area (Å²) in [6, 6.07) is 1.60. The standard InChI is InChI=1S/C33H45N3O7/c1-7-16(21-8-15(2)32(21,3)4)13-35-14-18-11-22(37)25-20(27(18)36(5)6)10-17-9-19-12-23(38)26(31(34)42)30(41)33(19,43)29(40)24(17)28(25)39/h11,15-17,19,21,35,37,39,41,43H,7-10,12-14H2,1-6H3,(H2,34,42)/t15?,16-,17?,19+,21?,33+/m1/s1. The molecule has 5 rings (SSSR count). The summed E-state index contributed by atoms with van der Waals surface area (Å²) in [4.78, 5) is 40.2. The third kappa shape index (κ3) is 4.56. The summed E-state index contributed by atoms with van der Waals surface area (Å²) in [5, 5.41) is 48.5. The number of amides is 1. The number of fused-ring (bicyclic) bond motifs is 3. The number of ketones is 2. The third-order valence-electron chi connectivity index (χ3n) is 11.2. The summed E-state index contributed by atoms with van der Waals surface area (Å²) in [6.07, 6.45) is 2.33. The summed E-state index contributed by atoms with van der Waals surface area (Å²) in [6.45, 7) is 10.6. The highest BCUT2D eigenvalue weighted by Gasteiger charge is 2.60. The number of phenolic OH excluding ortho intramolecular Hbond substituents is 1. The number of hydrogen-bond donors (Lipinski definition) is 6. The Morgan fingerprint density at radius 3 is 2.40 bits per heavy atom. The van der Waals surface area contributed by atoms with Crippen molar-refractivity contribution >= 4 is 28.9 Å². The summed E-state index contributed by atoms with van der Waals surface area (Å²) in [5.74, 6) is -4.38. The number of nitrogens with one attached hydrogen (secondary N) is 1. The van der Waals surface area contributed by atoms with Crippen LogP contribution in [0, 0.1) is 35.0 Å². The van der Waals surface area contributed by atoms with E-state index in [1.807, 2.05) is 19.0 Å². The molecule has 234 valence electrons. The van der Waals surface area contributed by atoms with Crippen molar-refractivity contribution in [3.05, 3.63) is 39.7 Å². The largest absolute Gasteiger partial charge is 0.508 e. The van der Waals surface area contributed by atoms with Crippen molar-refractivity contribution in [1.82, 2.24) is 5.32 Å². The maximum Gasteiger partial charge on any atom is 0.255 e. The van der Waals surface area contributed by atoms with Crippen molar-refractivity contribution in [3.8, 4) is 5.75 Å². The number of rotatable bonds is 8. The number of carbonyl (C=O) groups is 3. The molecular formula is C33H45N3O7. The van der Waals surface area contributed by atoms with E-state index in [1.165, 1.54) is 6.42 Å². The molecule has 6 atom stereocenters. The van der Waals surface area contributed by atoms with Gasteiger partial charge in [0, 0.05) is 44.2 Å². The van der Waals surface area contributed by atoms with Crippen LogP contribution in [0.15, 0.2) is 23.0 Å². The Morgan fingerprint density at radius 2 is 1.84 bits per heavy atom. The molecule has 0 aromatic heterocycles. The topological polar surface area (TPSA) is 173 Å². The van der Waals surface area contributed by atoms with Crippen molar-refractivity contribution in [3.63, 3.8) is 0 Å². The molecule has 2 fully saturated rings. The third-order valence-corrected chi connectivity index (χ3v) is 11.2. The Labute approximate surface area is 252 Å². The van der Waals surface area contributed by atoms with E-state index >= 15 is 0 Å². The number of Topliss-reactive ketones (excluding diaryl/α,β-unsaturated/α-hetero) is 2. The Bertz CT molecular complexity index is 1460. The molecule has 43 heavy (non-hydrogen) atoms. The number of carbonyl (C=O) groups excluding carboxylic acids is 3. The fourth-order valence-corrected chi connectivity index (χ4v) is 8.39. The Kier molecular flexibility index (Phi) is 7.70. The van der Waals surface area contributed by atoms with Crippen LogP contribution in [0.3, 0.4) is 0 Å². The summed E-state index contributed by atoms with van der Waals surface area (Å²) in [5.41, 5.74) is 4.54. The lowest BCUT2D eigenvalue weighted by Gasteiger charge is -2.54. The minimum absolute atomic E-state index is 0.104. The highest BCUT2D eigenvalue weighted by Crippen LogP contribution is 2.55. The van der Waals surface area contributed by atoms with E-state index in [4.69, 9.17) is 5.73 Å². The molecule has 7 N–H and O–H groups in total. The fraction of sp³-hybridized carbons (Fsp3) is 0.606. The minimum atomic E-state index is -2.57. The molecular weight excluding hydrogens is 550 g/mol. The van der Waals surface area contributed by atoms with Crippen molar-refractivity contribution < 1.29 is 34.8 Å². The first kappa shape index (κ1) is 31.1. The Hall–Kier alpha value is -3.37. The van der Waals surface area contributed by atoms with Crippen LogP contribution in [0.25, 0.3) is 5.76 Å². The number of hydrogen-bond acceptors (Lipinski definition) is 9. The van der Waals surface area contributed by atoms with E-state index in [9.17, 15) is 34.8 Å². The van der Waals surface area contributed by atoms with Crippen LogP contribution in [0.5, 0.6) is 5.75 Å². The summed E-state index contributed by atoms with van der Waals surface area (Å²) >= 11 is 0. The highest BCUT2D eigenvalue weighted by atomic mass is 16.3. The first-order chi connectivity index (χ1) is 20.1. The van der Waals surface area contributed by atoms with E-state index in [0.29, 0.717) is 35.3 Å². The molecule has 0 aliphatic heterocycles. The molecule has 10 heteroatoms.